The summed E-state index contributed by atoms with van der Waals surface area (Å²) in [7, 11) is -3.33. The summed E-state index contributed by atoms with van der Waals surface area (Å²) >= 11 is 1.56. The molecule has 0 saturated heterocycles. The van der Waals surface area contributed by atoms with Crippen molar-refractivity contribution in [1.82, 2.24) is 0 Å². The molecule has 128 valence electrons. The summed E-state index contributed by atoms with van der Waals surface area (Å²) in [6.45, 7) is 2.10. The number of amides is 1. The van der Waals surface area contributed by atoms with Crippen LogP contribution in [-0.2, 0) is 10.0 Å². The Labute approximate surface area is 147 Å². The van der Waals surface area contributed by atoms with Crippen molar-refractivity contribution in [1.29, 1.82) is 0 Å². The van der Waals surface area contributed by atoms with Crippen LogP contribution in [0.1, 0.15) is 17.3 Å². The molecular weight excluding hydrogens is 344 g/mol. The standard InChI is InChI=1S/C17H20N2O3S2/c1-4-19(24(3,21)22)14-11-9-13(10-12-14)17(20)18-15-7-5-6-8-16(15)23-2/h5-12H,4H2,1-3H3,(H,18,20). The lowest BCUT2D eigenvalue weighted by Crippen LogP contribution is -2.29. The number of rotatable bonds is 6. The topological polar surface area (TPSA) is 66.5 Å². The molecule has 24 heavy (non-hydrogen) atoms. The predicted octanol–water partition coefficient (Wildman–Crippen LogP) is 3.45. The Morgan fingerprint density at radius 3 is 2.29 bits per heavy atom. The molecule has 0 bridgehead atoms. The fraction of sp³-hybridized carbons (Fsp3) is 0.235. The van der Waals surface area contributed by atoms with Gasteiger partial charge in [-0.15, -0.1) is 11.8 Å². The van der Waals surface area contributed by atoms with E-state index in [4.69, 9.17) is 0 Å². The van der Waals surface area contributed by atoms with Crippen LogP contribution in [0.5, 0.6) is 0 Å². The maximum atomic E-state index is 12.4. The number of nitrogens with one attached hydrogen (secondary N) is 1. The molecule has 1 N–H and O–H groups in total. The third-order valence-electron chi connectivity index (χ3n) is 3.46. The van der Waals surface area contributed by atoms with E-state index in [9.17, 15) is 13.2 Å². The molecule has 0 aliphatic heterocycles. The van der Waals surface area contributed by atoms with Crippen LogP contribution in [0.15, 0.2) is 53.4 Å². The number of hydrogen-bond donors (Lipinski definition) is 1. The Morgan fingerprint density at radius 1 is 1.12 bits per heavy atom. The quantitative estimate of drug-likeness (QED) is 0.797. The van der Waals surface area contributed by atoms with E-state index < -0.39 is 10.0 Å². The van der Waals surface area contributed by atoms with Gasteiger partial charge in [0.15, 0.2) is 0 Å². The van der Waals surface area contributed by atoms with Crippen molar-refractivity contribution in [2.24, 2.45) is 0 Å². The van der Waals surface area contributed by atoms with Crippen molar-refractivity contribution in [3.63, 3.8) is 0 Å². The minimum absolute atomic E-state index is 0.231. The number of nitrogens with zero attached hydrogens (tertiary/aromatic N) is 1. The lowest BCUT2D eigenvalue weighted by atomic mass is 10.2. The Bertz CT molecular complexity index is 818. The van der Waals surface area contributed by atoms with Gasteiger partial charge in [0, 0.05) is 17.0 Å². The lowest BCUT2D eigenvalue weighted by Gasteiger charge is -2.20. The molecule has 1 amide bonds. The molecule has 0 spiro atoms. The smallest absolute Gasteiger partial charge is 0.255 e. The third kappa shape index (κ3) is 4.30. The second-order valence-corrected chi connectivity index (χ2v) is 7.88. The number of anilines is 2. The Balaban J connectivity index is 2.20. The molecule has 2 aromatic rings. The fourth-order valence-electron chi connectivity index (χ4n) is 2.33. The van der Waals surface area contributed by atoms with Gasteiger partial charge in [0.1, 0.15) is 0 Å². The van der Waals surface area contributed by atoms with Crippen LogP contribution >= 0.6 is 11.8 Å². The van der Waals surface area contributed by atoms with Gasteiger partial charge in [0.25, 0.3) is 5.91 Å². The molecule has 2 rings (SSSR count). The number of para-hydroxylation sites is 1. The van der Waals surface area contributed by atoms with E-state index in [-0.39, 0.29) is 5.91 Å². The van der Waals surface area contributed by atoms with Crippen molar-refractivity contribution in [3.8, 4) is 0 Å². The van der Waals surface area contributed by atoms with E-state index >= 15 is 0 Å². The van der Waals surface area contributed by atoms with Crippen molar-refractivity contribution < 1.29 is 13.2 Å². The summed E-state index contributed by atoms with van der Waals surface area (Å²) in [4.78, 5) is 13.4. The van der Waals surface area contributed by atoms with Crippen molar-refractivity contribution in [2.45, 2.75) is 11.8 Å². The van der Waals surface area contributed by atoms with Crippen LogP contribution in [0.25, 0.3) is 0 Å². The maximum absolute atomic E-state index is 12.4. The van der Waals surface area contributed by atoms with E-state index in [1.807, 2.05) is 30.5 Å². The monoisotopic (exact) mass is 364 g/mol. The Morgan fingerprint density at radius 2 is 1.75 bits per heavy atom. The van der Waals surface area contributed by atoms with Crippen molar-refractivity contribution in [2.75, 3.05) is 28.7 Å². The highest BCUT2D eigenvalue weighted by molar-refractivity contribution is 7.98. The molecule has 7 heteroatoms. The molecule has 0 fully saturated rings. The minimum Gasteiger partial charge on any atom is -0.321 e. The second kappa shape index (κ2) is 7.72. The number of hydrogen-bond acceptors (Lipinski definition) is 4. The normalized spacial score (nSPS) is 11.1. The van der Waals surface area contributed by atoms with Crippen LogP contribution in [-0.4, -0.2) is 33.4 Å². The maximum Gasteiger partial charge on any atom is 0.255 e. The molecule has 5 nitrogen and oxygen atoms in total. The largest absolute Gasteiger partial charge is 0.321 e. The zero-order chi connectivity index (χ0) is 17.7. The summed E-state index contributed by atoms with van der Waals surface area (Å²) in [5.74, 6) is -0.231. The molecule has 0 atom stereocenters. The minimum atomic E-state index is -3.33. The van der Waals surface area contributed by atoms with Crippen LogP contribution < -0.4 is 9.62 Å². The first-order valence-electron chi connectivity index (χ1n) is 7.39. The number of benzene rings is 2. The summed E-state index contributed by atoms with van der Waals surface area (Å²) in [5.41, 5.74) is 1.77. The van der Waals surface area contributed by atoms with Gasteiger partial charge in [0.05, 0.1) is 17.6 Å². The van der Waals surface area contributed by atoms with E-state index in [0.717, 1.165) is 16.8 Å². The van der Waals surface area contributed by atoms with E-state index in [2.05, 4.69) is 5.32 Å². The van der Waals surface area contributed by atoms with E-state index in [0.29, 0.717) is 17.8 Å². The van der Waals surface area contributed by atoms with Crippen molar-refractivity contribution in [3.05, 3.63) is 54.1 Å². The molecular formula is C17H20N2O3S2. The number of thioether (sulfide) groups is 1. The summed E-state index contributed by atoms with van der Waals surface area (Å²) in [5, 5.41) is 2.88. The van der Waals surface area contributed by atoms with Gasteiger partial charge in [-0.2, -0.15) is 0 Å². The van der Waals surface area contributed by atoms with Gasteiger partial charge >= 0.3 is 0 Å². The highest BCUT2D eigenvalue weighted by Gasteiger charge is 2.16. The molecule has 0 unspecified atom stereocenters. The molecule has 0 heterocycles. The molecule has 0 saturated carbocycles. The summed E-state index contributed by atoms with van der Waals surface area (Å²) in [6, 6.07) is 14.1. The Kier molecular flexibility index (Phi) is 5.90. The Hall–Kier alpha value is -1.99. The van der Waals surface area contributed by atoms with Crippen LogP contribution in [0.2, 0.25) is 0 Å². The molecule has 0 aliphatic carbocycles. The van der Waals surface area contributed by atoms with Gasteiger partial charge in [-0.3, -0.25) is 9.10 Å². The predicted molar refractivity (Wildman–Crippen MR) is 100 cm³/mol. The number of carbonyl (C=O) groups is 1. The molecule has 0 radical (unpaired) electrons. The van der Waals surface area contributed by atoms with Gasteiger partial charge < -0.3 is 5.32 Å². The van der Waals surface area contributed by atoms with Gasteiger partial charge in [0.2, 0.25) is 10.0 Å². The average Bonchev–Trinajstić information content (AvgIpc) is 2.55. The summed E-state index contributed by atoms with van der Waals surface area (Å²) < 4.78 is 24.8. The van der Waals surface area contributed by atoms with Gasteiger partial charge in [-0.05, 0) is 49.6 Å². The van der Waals surface area contributed by atoms with Gasteiger partial charge in [-0.25, -0.2) is 8.42 Å². The SMILES string of the molecule is CCN(c1ccc(C(=O)Nc2ccccc2SC)cc1)S(C)(=O)=O. The zero-order valence-electron chi connectivity index (χ0n) is 13.8. The van der Waals surface area contributed by atoms with E-state index in [1.165, 1.54) is 4.31 Å². The average molecular weight is 364 g/mol. The third-order valence-corrected chi connectivity index (χ3v) is 5.53. The first kappa shape index (κ1) is 18.4. The van der Waals surface area contributed by atoms with Crippen LogP contribution in [0, 0.1) is 0 Å². The lowest BCUT2D eigenvalue weighted by molar-refractivity contribution is 0.102. The van der Waals surface area contributed by atoms with Crippen molar-refractivity contribution >= 4 is 39.1 Å². The van der Waals surface area contributed by atoms with Crippen LogP contribution in [0.4, 0.5) is 11.4 Å². The van der Waals surface area contributed by atoms with Crippen LogP contribution in [0.3, 0.4) is 0 Å². The first-order valence-corrected chi connectivity index (χ1v) is 10.5. The molecule has 0 aromatic heterocycles. The second-order valence-electron chi connectivity index (χ2n) is 5.13. The molecule has 2 aromatic carbocycles. The van der Waals surface area contributed by atoms with Gasteiger partial charge in [-0.1, -0.05) is 12.1 Å². The highest BCUT2D eigenvalue weighted by Crippen LogP contribution is 2.25. The summed E-state index contributed by atoms with van der Waals surface area (Å²) in [6.07, 6.45) is 3.11. The first-order chi connectivity index (χ1) is 11.4. The number of sulfonamides is 1. The molecule has 0 aliphatic rings. The zero-order valence-corrected chi connectivity index (χ0v) is 15.4. The highest BCUT2D eigenvalue weighted by atomic mass is 32.2. The number of carbonyl (C=O) groups excluding carboxylic acids is 1. The van der Waals surface area contributed by atoms with E-state index in [1.54, 1.807) is 43.0 Å². The fourth-order valence-corrected chi connectivity index (χ4v) is 3.86.